The molecule has 0 atom stereocenters. The van der Waals surface area contributed by atoms with Crippen LogP contribution < -0.4 is 5.32 Å². The molecule has 1 amide bonds. The molecular weight excluding hydrogens is 446 g/mol. The molecule has 0 aromatic heterocycles. The SMILES string of the molecule is CCN(Cc1ccccc1)S(=O)(=O)c1ccc(F)c(C(=O)Nc2ccc(F)c(Cl)c2)c1. The number of rotatable bonds is 7. The van der Waals surface area contributed by atoms with Crippen molar-refractivity contribution < 1.29 is 22.0 Å². The van der Waals surface area contributed by atoms with Crippen LogP contribution in [0.25, 0.3) is 0 Å². The second-order valence-electron chi connectivity index (χ2n) is 6.64. The number of carbonyl (C=O) groups excluding carboxylic acids is 1. The zero-order valence-corrected chi connectivity index (χ0v) is 18.1. The number of anilines is 1. The number of amides is 1. The van der Waals surface area contributed by atoms with Gasteiger partial charge in [-0.3, -0.25) is 4.79 Å². The number of hydrogen-bond acceptors (Lipinski definition) is 3. The van der Waals surface area contributed by atoms with Crippen LogP contribution in [-0.4, -0.2) is 25.2 Å². The van der Waals surface area contributed by atoms with Gasteiger partial charge in [0.05, 0.1) is 15.5 Å². The molecule has 0 aliphatic carbocycles. The Hall–Kier alpha value is -2.81. The molecule has 0 spiro atoms. The van der Waals surface area contributed by atoms with E-state index in [2.05, 4.69) is 5.32 Å². The summed E-state index contributed by atoms with van der Waals surface area (Å²) in [4.78, 5) is 12.3. The maximum absolute atomic E-state index is 14.3. The molecule has 3 aromatic rings. The maximum atomic E-state index is 14.3. The second-order valence-corrected chi connectivity index (χ2v) is 8.99. The number of benzene rings is 3. The van der Waals surface area contributed by atoms with E-state index >= 15 is 0 Å². The van der Waals surface area contributed by atoms with Gasteiger partial charge in [-0.1, -0.05) is 48.9 Å². The lowest BCUT2D eigenvalue weighted by Gasteiger charge is -2.21. The van der Waals surface area contributed by atoms with Crippen molar-refractivity contribution in [1.29, 1.82) is 0 Å². The number of nitrogens with zero attached hydrogens (tertiary/aromatic N) is 1. The van der Waals surface area contributed by atoms with Crippen LogP contribution in [-0.2, 0) is 16.6 Å². The summed E-state index contributed by atoms with van der Waals surface area (Å²) in [5.74, 6) is -2.45. The van der Waals surface area contributed by atoms with Gasteiger partial charge in [0, 0.05) is 18.8 Å². The van der Waals surface area contributed by atoms with E-state index in [0.717, 1.165) is 29.8 Å². The third-order valence-corrected chi connectivity index (χ3v) is 6.76. The molecule has 162 valence electrons. The Morgan fingerprint density at radius 2 is 1.68 bits per heavy atom. The van der Waals surface area contributed by atoms with Gasteiger partial charge < -0.3 is 5.32 Å². The quantitative estimate of drug-likeness (QED) is 0.530. The predicted octanol–water partition coefficient (Wildman–Crippen LogP) is 5.08. The molecular formula is C22H19ClF2N2O3S. The van der Waals surface area contributed by atoms with Crippen molar-refractivity contribution in [3.8, 4) is 0 Å². The van der Waals surface area contributed by atoms with E-state index in [1.165, 1.54) is 16.4 Å². The summed E-state index contributed by atoms with van der Waals surface area (Å²) in [6.45, 7) is 2.01. The van der Waals surface area contributed by atoms with Crippen molar-refractivity contribution in [2.24, 2.45) is 0 Å². The lowest BCUT2D eigenvalue weighted by molar-refractivity contribution is 0.102. The first-order valence-corrected chi connectivity index (χ1v) is 11.1. The highest BCUT2D eigenvalue weighted by Gasteiger charge is 2.25. The van der Waals surface area contributed by atoms with Crippen LogP contribution in [0.4, 0.5) is 14.5 Å². The largest absolute Gasteiger partial charge is 0.322 e. The molecule has 31 heavy (non-hydrogen) atoms. The summed E-state index contributed by atoms with van der Waals surface area (Å²) in [5.41, 5.74) is 0.474. The van der Waals surface area contributed by atoms with E-state index in [1.807, 2.05) is 6.07 Å². The maximum Gasteiger partial charge on any atom is 0.258 e. The van der Waals surface area contributed by atoms with E-state index < -0.39 is 33.1 Å². The van der Waals surface area contributed by atoms with Gasteiger partial charge in [-0.05, 0) is 42.0 Å². The number of hydrogen-bond donors (Lipinski definition) is 1. The number of sulfonamides is 1. The zero-order chi connectivity index (χ0) is 22.6. The summed E-state index contributed by atoms with van der Waals surface area (Å²) < 4.78 is 55.1. The van der Waals surface area contributed by atoms with E-state index in [-0.39, 0.29) is 28.7 Å². The van der Waals surface area contributed by atoms with Crippen molar-refractivity contribution in [1.82, 2.24) is 4.31 Å². The number of nitrogens with one attached hydrogen (secondary N) is 1. The Labute approximate surface area is 184 Å². The van der Waals surface area contributed by atoms with Crippen LogP contribution in [0, 0.1) is 11.6 Å². The Kier molecular flexibility index (Phi) is 7.04. The molecule has 0 heterocycles. The van der Waals surface area contributed by atoms with E-state index in [1.54, 1.807) is 31.2 Å². The summed E-state index contributed by atoms with van der Waals surface area (Å²) in [7, 11) is -3.99. The van der Waals surface area contributed by atoms with Crippen LogP contribution in [0.1, 0.15) is 22.8 Å². The van der Waals surface area contributed by atoms with Gasteiger partial charge in [0.2, 0.25) is 10.0 Å². The van der Waals surface area contributed by atoms with Crippen LogP contribution in [0.3, 0.4) is 0 Å². The Morgan fingerprint density at radius 1 is 1.00 bits per heavy atom. The van der Waals surface area contributed by atoms with Crippen molar-refractivity contribution in [2.45, 2.75) is 18.4 Å². The molecule has 0 bridgehead atoms. The van der Waals surface area contributed by atoms with Crippen molar-refractivity contribution >= 4 is 33.2 Å². The number of halogens is 3. The van der Waals surface area contributed by atoms with E-state index in [9.17, 15) is 22.0 Å². The Morgan fingerprint density at radius 3 is 2.32 bits per heavy atom. The minimum Gasteiger partial charge on any atom is -0.322 e. The molecule has 3 rings (SSSR count). The highest BCUT2D eigenvalue weighted by atomic mass is 35.5. The highest BCUT2D eigenvalue weighted by Crippen LogP contribution is 2.23. The van der Waals surface area contributed by atoms with Gasteiger partial charge in [-0.2, -0.15) is 4.31 Å². The fourth-order valence-electron chi connectivity index (χ4n) is 2.91. The molecule has 0 aliphatic rings. The molecule has 0 unspecified atom stereocenters. The standard InChI is InChI=1S/C22H19ClF2N2O3S/c1-2-27(14-15-6-4-3-5-7-15)31(29,30)17-9-11-20(24)18(13-17)22(28)26-16-8-10-21(25)19(23)12-16/h3-13H,2,14H2,1H3,(H,26,28). The molecule has 0 radical (unpaired) electrons. The molecule has 3 aromatic carbocycles. The summed E-state index contributed by atoms with van der Waals surface area (Å²) in [6, 6.07) is 15.5. The summed E-state index contributed by atoms with van der Waals surface area (Å²) >= 11 is 5.69. The van der Waals surface area contributed by atoms with Crippen LogP contribution in [0.2, 0.25) is 5.02 Å². The van der Waals surface area contributed by atoms with Crippen molar-refractivity contribution in [3.05, 3.63) is 94.5 Å². The predicted molar refractivity (Wildman–Crippen MR) is 115 cm³/mol. The zero-order valence-electron chi connectivity index (χ0n) is 16.5. The molecule has 5 nitrogen and oxygen atoms in total. The normalized spacial score (nSPS) is 11.5. The van der Waals surface area contributed by atoms with Gasteiger partial charge in [0.15, 0.2) is 0 Å². The molecule has 0 saturated heterocycles. The summed E-state index contributed by atoms with van der Waals surface area (Å²) in [6.07, 6.45) is 0. The van der Waals surface area contributed by atoms with Gasteiger partial charge in [-0.15, -0.1) is 0 Å². The Bertz CT molecular complexity index is 1200. The first-order valence-electron chi connectivity index (χ1n) is 9.32. The lowest BCUT2D eigenvalue weighted by Crippen LogP contribution is -2.30. The van der Waals surface area contributed by atoms with Crippen LogP contribution in [0.5, 0.6) is 0 Å². The minimum atomic E-state index is -3.99. The lowest BCUT2D eigenvalue weighted by atomic mass is 10.2. The third-order valence-electron chi connectivity index (χ3n) is 4.55. The molecule has 0 aliphatic heterocycles. The fourth-order valence-corrected chi connectivity index (χ4v) is 4.56. The Balaban J connectivity index is 1.89. The second kappa shape index (κ2) is 9.55. The van der Waals surface area contributed by atoms with Crippen LogP contribution >= 0.6 is 11.6 Å². The average molecular weight is 465 g/mol. The van der Waals surface area contributed by atoms with Gasteiger partial charge >= 0.3 is 0 Å². The fraction of sp³-hybridized carbons (Fsp3) is 0.136. The first kappa shape index (κ1) is 22.9. The third kappa shape index (κ3) is 5.28. The smallest absolute Gasteiger partial charge is 0.258 e. The van der Waals surface area contributed by atoms with Crippen LogP contribution in [0.15, 0.2) is 71.6 Å². The van der Waals surface area contributed by atoms with Crippen molar-refractivity contribution in [3.63, 3.8) is 0 Å². The monoisotopic (exact) mass is 464 g/mol. The molecule has 0 saturated carbocycles. The van der Waals surface area contributed by atoms with E-state index in [4.69, 9.17) is 11.6 Å². The van der Waals surface area contributed by atoms with Gasteiger partial charge in [-0.25, -0.2) is 17.2 Å². The minimum absolute atomic E-state index is 0.132. The van der Waals surface area contributed by atoms with Gasteiger partial charge in [0.25, 0.3) is 5.91 Å². The highest BCUT2D eigenvalue weighted by molar-refractivity contribution is 7.89. The molecule has 0 fully saturated rings. The van der Waals surface area contributed by atoms with E-state index in [0.29, 0.717) is 0 Å². The molecule has 9 heteroatoms. The number of carbonyl (C=O) groups is 1. The van der Waals surface area contributed by atoms with Crippen molar-refractivity contribution in [2.75, 3.05) is 11.9 Å². The molecule has 1 N–H and O–H groups in total. The average Bonchev–Trinajstić information content (AvgIpc) is 2.75. The first-order chi connectivity index (χ1) is 14.7. The topological polar surface area (TPSA) is 66.5 Å². The summed E-state index contributed by atoms with van der Waals surface area (Å²) in [5, 5.41) is 2.18. The van der Waals surface area contributed by atoms with Gasteiger partial charge in [0.1, 0.15) is 11.6 Å².